The molecule has 2 aromatic carbocycles. The highest BCUT2D eigenvalue weighted by Crippen LogP contribution is 2.28. The number of benzene rings is 2. The van der Waals surface area contributed by atoms with Crippen LogP contribution < -0.4 is 15.8 Å². The van der Waals surface area contributed by atoms with Crippen molar-refractivity contribution in [2.24, 2.45) is 0 Å². The van der Waals surface area contributed by atoms with E-state index < -0.39 is 0 Å². The summed E-state index contributed by atoms with van der Waals surface area (Å²) >= 11 is 0. The van der Waals surface area contributed by atoms with Crippen LogP contribution in [0.4, 0.5) is 17.1 Å². The fourth-order valence-electron chi connectivity index (χ4n) is 2.04. The van der Waals surface area contributed by atoms with E-state index in [2.05, 4.69) is 11.4 Å². The lowest BCUT2D eigenvalue weighted by atomic mass is 10.2. The third-order valence-corrected chi connectivity index (χ3v) is 2.90. The molecule has 2 rings (SSSR count). The Morgan fingerprint density at radius 3 is 2.57 bits per heavy atom. The fraction of sp³-hybridized carbons (Fsp3) is 0.294. The molecule has 112 valence electrons. The van der Waals surface area contributed by atoms with Crippen LogP contribution in [0.2, 0.25) is 0 Å². The van der Waals surface area contributed by atoms with E-state index in [-0.39, 0.29) is 6.10 Å². The number of hydrogen-bond acceptors (Lipinski definition) is 4. The van der Waals surface area contributed by atoms with Gasteiger partial charge in [0.15, 0.2) is 0 Å². The van der Waals surface area contributed by atoms with Crippen LogP contribution in [0.15, 0.2) is 42.5 Å². The second kappa shape index (κ2) is 6.99. The number of hydrogen-bond donors (Lipinski definition) is 2. The van der Waals surface area contributed by atoms with Gasteiger partial charge < -0.3 is 20.5 Å². The lowest BCUT2D eigenvalue weighted by Gasteiger charge is -2.14. The summed E-state index contributed by atoms with van der Waals surface area (Å²) in [6.45, 7) is 4.56. The summed E-state index contributed by atoms with van der Waals surface area (Å²) in [7, 11) is 1.69. The van der Waals surface area contributed by atoms with Crippen molar-refractivity contribution < 1.29 is 9.47 Å². The standard InChI is InChI=1S/C17H22N2O2/c1-12(2)21-17-10-15(7-8-16(17)18)19-14-6-4-5-13(9-14)11-20-3/h4-10,12,19H,11,18H2,1-3H3. The number of rotatable bonds is 6. The molecule has 0 aliphatic rings. The molecule has 4 heteroatoms. The van der Waals surface area contributed by atoms with Crippen LogP contribution in [0.3, 0.4) is 0 Å². The van der Waals surface area contributed by atoms with E-state index in [4.69, 9.17) is 15.2 Å². The normalized spacial score (nSPS) is 10.7. The van der Waals surface area contributed by atoms with Gasteiger partial charge in [-0.15, -0.1) is 0 Å². The zero-order chi connectivity index (χ0) is 15.2. The van der Waals surface area contributed by atoms with Gasteiger partial charge in [-0.05, 0) is 43.7 Å². The van der Waals surface area contributed by atoms with Crippen LogP contribution in [0.5, 0.6) is 5.75 Å². The lowest BCUT2D eigenvalue weighted by Crippen LogP contribution is -2.07. The van der Waals surface area contributed by atoms with Crippen molar-refractivity contribution in [3.05, 3.63) is 48.0 Å². The van der Waals surface area contributed by atoms with E-state index in [9.17, 15) is 0 Å². The molecule has 0 saturated carbocycles. The van der Waals surface area contributed by atoms with Crippen LogP contribution in [-0.2, 0) is 11.3 Å². The Kier molecular flexibility index (Phi) is 5.06. The van der Waals surface area contributed by atoms with Gasteiger partial charge in [0.2, 0.25) is 0 Å². The molecule has 4 nitrogen and oxygen atoms in total. The molecular formula is C17H22N2O2. The average molecular weight is 286 g/mol. The number of ether oxygens (including phenoxy) is 2. The fourth-order valence-corrected chi connectivity index (χ4v) is 2.04. The number of nitrogen functional groups attached to an aromatic ring is 1. The van der Waals surface area contributed by atoms with E-state index in [1.165, 1.54) is 0 Å². The molecule has 0 aromatic heterocycles. The number of methoxy groups -OCH3 is 1. The molecule has 0 fully saturated rings. The van der Waals surface area contributed by atoms with Crippen molar-refractivity contribution in [2.75, 3.05) is 18.2 Å². The first-order valence-electron chi connectivity index (χ1n) is 6.99. The van der Waals surface area contributed by atoms with Crippen LogP contribution in [0.1, 0.15) is 19.4 Å². The molecule has 0 atom stereocenters. The average Bonchev–Trinajstić information content (AvgIpc) is 2.43. The number of nitrogens with one attached hydrogen (secondary N) is 1. The quantitative estimate of drug-likeness (QED) is 0.790. The van der Waals surface area contributed by atoms with Gasteiger partial charge in [0.1, 0.15) is 5.75 Å². The second-order valence-electron chi connectivity index (χ2n) is 5.18. The Labute approximate surface area is 125 Å². The maximum Gasteiger partial charge on any atom is 0.144 e. The minimum Gasteiger partial charge on any atom is -0.489 e. The minimum atomic E-state index is 0.0904. The van der Waals surface area contributed by atoms with Crippen LogP contribution in [0.25, 0.3) is 0 Å². The third-order valence-electron chi connectivity index (χ3n) is 2.90. The maximum absolute atomic E-state index is 5.93. The van der Waals surface area contributed by atoms with E-state index in [1.54, 1.807) is 7.11 Å². The molecule has 0 saturated heterocycles. The summed E-state index contributed by atoms with van der Waals surface area (Å²) in [5, 5.41) is 3.35. The highest BCUT2D eigenvalue weighted by molar-refractivity contribution is 5.67. The Bertz CT molecular complexity index is 597. The topological polar surface area (TPSA) is 56.5 Å². The Hall–Kier alpha value is -2.20. The van der Waals surface area contributed by atoms with Gasteiger partial charge in [0, 0.05) is 24.6 Å². The molecule has 21 heavy (non-hydrogen) atoms. The summed E-state index contributed by atoms with van der Waals surface area (Å²) in [5.74, 6) is 0.697. The molecule has 0 aliphatic heterocycles. The molecule has 0 aliphatic carbocycles. The molecule has 0 amide bonds. The molecule has 3 N–H and O–H groups in total. The van der Waals surface area contributed by atoms with Gasteiger partial charge in [-0.3, -0.25) is 0 Å². The van der Waals surface area contributed by atoms with E-state index >= 15 is 0 Å². The molecule has 0 spiro atoms. The van der Waals surface area contributed by atoms with Crippen molar-refractivity contribution in [3.8, 4) is 5.75 Å². The van der Waals surface area contributed by atoms with Crippen molar-refractivity contribution in [2.45, 2.75) is 26.6 Å². The first kappa shape index (κ1) is 15.2. The van der Waals surface area contributed by atoms with Gasteiger partial charge in [-0.25, -0.2) is 0 Å². The molecule has 2 aromatic rings. The van der Waals surface area contributed by atoms with Gasteiger partial charge >= 0.3 is 0 Å². The van der Waals surface area contributed by atoms with Crippen LogP contribution in [0, 0.1) is 0 Å². The molecule has 0 unspecified atom stereocenters. The summed E-state index contributed by atoms with van der Waals surface area (Å²) in [4.78, 5) is 0. The minimum absolute atomic E-state index is 0.0904. The summed E-state index contributed by atoms with van der Waals surface area (Å²) < 4.78 is 10.8. The van der Waals surface area contributed by atoms with Gasteiger partial charge in [-0.2, -0.15) is 0 Å². The van der Waals surface area contributed by atoms with Crippen LogP contribution >= 0.6 is 0 Å². The molecule has 0 bridgehead atoms. The second-order valence-corrected chi connectivity index (χ2v) is 5.18. The summed E-state index contributed by atoms with van der Waals surface area (Å²) in [5.41, 5.74) is 9.63. The largest absolute Gasteiger partial charge is 0.489 e. The third kappa shape index (κ3) is 4.39. The van der Waals surface area contributed by atoms with E-state index in [0.717, 1.165) is 16.9 Å². The Morgan fingerprint density at radius 1 is 1.10 bits per heavy atom. The highest BCUT2D eigenvalue weighted by atomic mass is 16.5. The monoisotopic (exact) mass is 286 g/mol. The zero-order valence-corrected chi connectivity index (χ0v) is 12.7. The zero-order valence-electron chi connectivity index (χ0n) is 12.7. The predicted octanol–water partition coefficient (Wildman–Crippen LogP) is 3.95. The highest BCUT2D eigenvalue weighted by Gasteiger charge is 2.05. The van der Waals surface area contributed by atoms with Crippen molar-refractivity contribution >= 4 is 17.1 Å². The SMILES string of the molecule is COCc1cccc(Nc2ccc(N)c(OC(C)C)c2)c1. The van der Waals surface area contributed by atoms with Crippen molar-refractivity contribution in [1.29, 1.82) is 0 Å². The van der Waals surface area contributed by atoms with Gasteiger partial charge in [0.05, 0.1) is 18.4 Å². The van der Waals surface area contributed by atoms with Crippen LogP contribution in [-0.4, -0.2) is 13.2 Å². The first-order chi connectivity index (χ1) is 10.1. The number of anilines is 3. The summed E-state index contributed by atoms with van der Waals surface area (Å²) in [6, 6.07) is 13.8. The van der Waals surface area contributed by atoms with E-state index in [0.29, 0.717) is 18.0 Å². The molecule has 0 heterocycles. The Balaban J connectivity index is 2.17. The smallest absolute Gasteiger partial charge is 0.144 e. The van der Waals surface area contributed by atoms with Crippen molar-refractivity contribution in [1.82, 2.24) is 0 Å². The maximum atomic E-state index is 5.93. The molecule has 0 radical (unpaired) electrons. The van der Waals surface area contributed by atoms with Crippen molar-refractivity contribution in [3.63, 3.8) is 0 Å². The lowest BCUT2D eigenvalue weighted by molar-refractivity contribution is 0.185. The first-order valence-corrected chi connectivity index (χ1v) is 6.99. The van der Waals surface area contributed by atoms with Gasteiger partial charge in [-0.1, -0.05) is 12.1 Å². The molecular weight excluding hydrogens is 264 g/mol. The number of nitrogens with two attached hydrogens (primary N) is 1. The predicted molar refractivity (Wildman–Crippen MR) is 87.1 cm³/mol. The van der Waals surface area contributed by atoms with E-state index in [1.807, 2.05) is 50.2 Å². The van der Waals surface area contributed by atoms with Gasteiger partial charge in [0.25, 0.3) is 0 Å². The Morgan fingerprint density at radius 2 is 1.86 bits per heavy atom. The summed E-state index contributed by atoms with van der Waals surface area (Å²) in [6.07, 6.45) is 0.0904.